The molecule has 142 valence electrons. The predicted octanol–water partition coefficient (Wildman–Crippen LogP) is 2.27. The maximum atomic E-state index is 12.4. The number of hydrogen-bond acceptors (Lipinski definition) is 4. The Balaban J connectivity index is 2.66. The van der Waals surface area contributed by atoms with Crippen molar-refractivity contribution in [3.05, 3.63) is 10.4 Å². The molecular formula is C17H31N5O3. The van der Waals surface area contributed by atoms with Crippen molar-refractivity contribution >= 4 is 11.8 Å². The van der Waals surface area contributed by atoms with Crippen LogP contribution in [0.5, 0.6) is 0 Å². The zero-order valence-electron chi connectivity index (χ0n) is 15.8. The van der Waals surface area contributed by atoms with Crippen LogP contribution >= 0.6 is 0 Å². The van der Waals surface area contributed by atoms with E-state index >= 15 is 0 Å². The quantitative estimate of drug-likeness (QED) is 0.369. The predicted molar refractivity (Wildman–Crippen MR) is 95.6 cm³/mol. The Morgan fingerprint density at radius 2 is 1.96 bits per heavy atom. The van der Waals surface area contributed by atoms with E-state index in [2.05, 4.69) is 20.7 Å². The van der Waals surface area contributed by atoms with Gasteiger partial charge in [0, 0.05) is 16.9 Å². The largest absolute Gasteiger partial charge is 0.392 e. The summed E-state index contributed by atoms with van der Waals surface area (Å²) in [5, 5.41) is 19.4. The van der Waals surface area contributed by atoms with Crippen LogP contribution in [0.2, 0.25) is 0 Å². The summed E-state index contributed by atoms with van der Waals surface area (Å²) in [6.45, 7) is 9.67. The third kappa shape index (κ3) is 7.32. The highest BCUT2D eigenvalue weighted by Gasteiger charge is 2.36. The van der Waals surface area contributed by atoms with Crippen LogP contribution in [0, 0.1) is 11.8 Å². The van der Waals surface area contributed by atoms with Crippen LogP contribution in [0.15, 0.2) is 5.11 Å². The van der Waals surface area contributed by atoms with Gasteiger partial charge in [0.2, 0.25) is 11.8 Å². The molecule has 0 aromatic carbocycles. The van der Waals surface area contributed by atoms with Gasteiger partial charge in [0.1, 0.15) is 6.04 Å². The van der Waals surface area contributed by atoms with Crippen molar-refractivity contribution in [1.82, 2.24) is 10.6 Å². The van der Waals surface area contributed by atoms with E-state index in [-0.39, 0.29) is 35.6 Å². The number of aliphatic hydroxyl groups excluding tert-OH is 1. The van der Waals surface area contributed by atoms with Crippen LogP contribution in [0.1, 0.15) is 60.3 Å². The summed E-state index contributed by atoms with van der Waals surface area (Å²) < 4.78 is 0. The Kier molecular flexibility index (Phi) is 7.70. The minimum Gasteiger partial charge on any atom is -0.392 e. The molecule has 0 aromatic rings. The number of hydrogen-bond donors (Lipinski definition) is 3. The van der Waals surface area contributed by atoms with Crippen LogP contribution in [-0.2, 0) is 9.59 Å². The topological polar surface area (TPSA) is 127 Å². The van der Waals surface area contributed by atoms with E-state index in [9.17, 15) is 14.7 Å². The van der Waals surface area contributed by atoms with Crippen molar-refractivity contribution in [2.45, 2.75) is 84.0 Å². The highest BCUT2D eigenvalue weighted by atomic mass is 16.3. The van der Waals surface area contributed by atoms with Crippen LogP contribution < -0.4 is 10.6 Å². The molecule has 0 radical (unpaired) electrons. The first-order chi connectivity index (χ1) is 11.5. The maximum absolute atomic E-state index is 12.4. The van der Waals surface area contributed by atoms with E-state index in [1.165, 1.54) is 0 Å². The van der Waals surface area contributed by atoms with E-state index < -0.39 is 18.2 Å². The van der Waals surface area contributed by atoms with Crippen LogP contribution in [0.3, 0.4) is 0 Å². The first-order valence-electron chi connectivity index (χ1n) is 8.87. The summed E-state index contributed by atoms with van der Waals surface area (Å²) in [4.78, 5) is 27.5. The Morgan fingerprint density at radius 3 is 2.48 bits per heavy atom. The molecule has 1 rings (SSSR count). The molecule has 0 aliphatic heterocycles. The lowest BCUT2D eigenvalue weighted by molar-refractivity contribution is -0.131. The molecule has 0 heterocycles. The van der Waals surface area contributed by atoms with Crippen molar-refractivity contribution < 1.29 is 14.7 Å². The van der Waals surface area contributed by atoms with Gasteiger partial charge >= 0.3 is 0 Å². The molecule has 0 bridgehead atoms. The molecule has 1 saturated carbocycles. The standard InChI is InChI=1S/C17H31N5O3/c1-10(2)8-13(16(25)20-17(3,4)5)19-14(23)9-11-6-7-12(15(11)24)21-22-18/h10-13,15,24H,6-9H2,1-5H3,(H,19,23)(H,20,25)/t11?,12?,13-,15?/m0/s1. The molecule has 25 heavy (non-hydrogen) atoms. The van der Waals surface area contributed by atoms with Gasteiger partial charge in [0.15, 0.2) is 0 Å². The number of rotatable bonds is 7. The lowest BCUT2D eigenvalue weighted by Crippen LogP contribution is -2.52. The summed E-state index contributed by atoms with van der Waals surface area (Å²) in [5.41, 5.74) is 8.12. The van der Waals surface area contributed by atoms with Crippen molar-refractivity contribution in [3.63, 3.8) is 0 Å². The fourth-order valence-electron chi connectivity index (χ4n) is 3.11. The second-order valence-corrected chi connectivity index (χ2v) is 8.29. The molecule has 1 fully saturated rings. The highest BCUT2D eigenvalue weighted by Crippen LogP contribution is 2.31. The number of nitrogens with zero attached hydrogens (tertiary/aromatic N) is 3. The van der Waals surface area contributed by atoms with E-state index in [0.29, 0.717) is 19.3 Å². The van der Waals surface area contributed by atoms with Crippen molar-refractivity contribution in [3.8, 4) is 0 Å². The third-order valence-electron chi connectivity index (χ3n) is 4.21. The lowest BCUT2D eigenvalue weighted by Gasteiger charge is -2.27. The van der Waals surface area contributed by atoms with Crippen LogP contribution in [0.4, 0.5) is 0 Å². The zero-order chi connectivity index (χ0) is 19.2. The monoisotopic (exact) mass is 353 g/mol. The number of azide groups is 1. The smallest absolute Gasteiger partial charge is 0.242 e. The normalized spacial score (nSPS) is 24.5. The van der Waals surface area contributed by atoms with Gasteiger partial charge in [-0.15, -0.1) is 0 Å². The Hall–Kier alpha value is -1.79. The summed E-state index contributed by atoms with van der Waals surface area (Å²) in [5.74, 6) is -0.461. The Morgan fingerprint density at radius 1 is 1.32 bits per heavy atom. The molecule has 8 nitrogen and oxygen atoms in total. The first-order valence-corrected chi connectivity index (χ1v) is 8.87. The first kappa shape index (κ1) is 21.3. The number of nitrogens with one attached hydrogen (secondary N) is 2. The van der Waals surface area contributed by atoms with Gasteiger partial charge in [-0.05, 0) is 57.4 Å². The van der Waals surface area contributed by atoms with E-state index in [0.717, 1.165) is 0 Å². The average Bonchev–Trinajstić information content (AvgIpc) is 2.77. The molecule has 1 aliphatic carbocycles. The molecule has 0 saturated heterocycles. The second-order valence-electron chi connectivity index (χ2n) is 8.29. The minimum atomic E-state index is -0.811. The summed E-state index contributed by atoms with van der Waals surface area (Å²) in [7, 11) is 0. The van der Waals surface area contributed by atoms with Crippen LogP contribution in [-0.4, -0.2) is 40.6 Å². The van der Waals surface area contributed by atoms with Gasteiger partial charge in [-0.2, -0.15) is 0 Å². The molecule has 3 unspecified atom stereocenters. The summed E-state index contributed by atoms with van der Waals surface area (Å²) >= 11 is 0. The molecule has 8 heteroatoms. The Labute approximate surface area is 149 Å². The highest BCUT2D eigenvalue weighted by molar-refractivity contribution is 5.88. The zero-order valence-corrected chi connectivity index (χ0v) is 15.8. The minimum absolute atomic E-state index is 0.121. The summed E-state index contributed by atoms with van der Waals surface area (Å²) in [6.07, 6.45) is 1.05. The fourth-order valence-corrected chi connectivity index (χ4v) is 3.11. The van der Waals surface area contributed by atoms with Crippen molar-refractivity contribution in [2.75, 3.05) is 0 Å². The van der Waals surface area contributed by atoms with E-state index in [1.807, 2.05) is 34.6 Å². The second kappa shape index (κ2) is 9.06. The van der Waals surface area contributed by atoms with Gasteiger partial charge in [0.05, 0.1) is 12.1 Å². The number of amides is 2. The Bertz CT molecular complexity index is 523. The van der Waals surface area contributed by atoms with Crippen molar-refractivity contribution in [1.29, 1.82) is 0 Å². The third-order valence-corrected chi connectivity index (χ3v) is 4.21. The number of carbonyl (C=O) groups is 2. The van der Waals surface area contributed by atoms with Gasteiger partial charge in [-0.3, -0.25) is 9.59 Å². The van der Waals surface area contributed by atoms with E-state index in [4.69, 9.17) is 5.53 Å². The van der Waals surface area contributed by atoms with Gasteiger partial charge in [0.25, 0.3) is 0 Å². The van der Waals surface area contributed by atoms with E-state index in [1.54, 1.807) is 0 Å². The maximum Gasteiger partial charge on any atom is 0.242 e. The van der Waals surface area contributed by atoms with Gasteiger partial charge in [-0.1, -0.05) is 19.0 Å². The molecule has 0 spiro atoms. The SMILES string of the molecule is CC(C)C[C@H](NC(=O)CC1CCC(N=[N+]=[N-])C1O)C(=O)NC(C)(C)C. The van der Waals surface area contributed by atoms with Crippen molar-refractivity contribution in [2.24, 2.45) is 17.0 Å². The molecule has 4 atom stereocenters. The average molecular weight is 353 g/mol. The van der Waals surface area contributed by atoms with Gasteiger partial charge < -0.3 is 15.7 Å². The lowest BCUT2D eigenvalue weighted by atomic mass is 9.98. The molecule has 1 aliphatic rings. The van der Waals surface area contributed by atoms with Crippen LogP contribution in [0.25, 0.3) is 10.4 Å². The summed E-state index contributed by atoms with van der Waals surface area (Å²) in [6, 6.07) is -1.07. The fraction of sp³-hybridized carbons (Fsp3) is 0.882. The number of carbonyl (C=O) groups excluding carboxylic acids is 2. The molecule has 3 N–H and O–H groups in total. The molecule has 2 amide bonds. The van der Waals surface area contributed by atoms with Gasteiger partial charge in [-0.25, -0.2) is 0 Å². The molecule has 0 aromatic heterocycles. The number of aliphatic hydroxyl groups is 1. The molecular weight excluding hydrogens is 322 g/mol.